The fourth-order valence-corrected chi connectivity index (χ4v) is 8.50. The molecular weight excluding hydrogens is 456 g/mol. The van der Waals surface area contributed by atoms with Gasteiger partial charge >= 0.3 is 0 Å². The maximum Gasteiger partial charge on any atom is 0.238 e. The normalized spacial score (nSPS) is 13.5. The van der Waals surface area contributed by atoms with Crippen LogP contribution in [0.25, 0.3) is 50.8 Å². The molecule has 0 fully saturated rings. The predicted octanol–water partition coefficient (Wildman–Crippen LogP) is 5.95. The molecule has 1 aliphatic heterocycles. The first kappa shape index (κ1) is 21.0. The largest absolute Gasteiger partial charge is 0.285 e. The molecule has 0 saturated heterocycles. The summed E-state index contributed by atoms with van der Waals surface area (Å²) in [6.45, 7) is 4.90. The predicted molar refractivity (Wildman–Crippen MR) is 150 cm³/mol. The molecule has 0 N–H and O–H groups in total. The van der Waals surface area contributed by atoms with Gasteiger partial charge in [0.05, 0.1) is 5.52 Å². The van der Waals surface area contributed by atoms with Crippen molar-refractivity contribution in [2.24, 2.45) is 0 Å². The topological polar surface area (TPSA) is 43.6 Å². The van der Waals surface area contributed by atoms with E-state index in [0.29, 0.717) is 17.6 Å². The lowest BCUT2D eigenvalue weighted by molar-refractivity contribution is 0.933. The van der Waals surface area contributed by atoms with Crippen molar-refractivity contribution in [1.82, 2.24) is 19.5 Å². The Hall–Kier alpha value is -4.35. The Morgan fingerprint density at radius 3 is 1.86 bits per heavy atom. The SMILES string of the molecule is C[Si]1(C)c2ccccc2-c2cc3c(ccn3-c3nc(-c4ccccc4)nc(-c4ccccc4)n3)cc21. The molecule has 5 heteroatoms. The quantitative estimate of drug-likeness (QED) is 0.294. The molecule has 3 heterocycles. The summed E-state index contributed by atoms with van der Waals surface area (Å²) in [6.07, 6.45) is 2.08. The van der Waals surface area contributed by atoms with Crippen molar-refractivity contribution in [2.75, 3.05) is 0 Å². The second kappa shape index (κ2) is 7.83. The maximum atomic E-state index is 4.94. The van der Waals surface area contributed by atoms with Crippen molar-refractivity contribution in [3.8, 4) is 39.9 Å². The Morgan fingerprint density at radius 2 is 1.19 bits per heavy atom. The summed E-state index contributed by atoms with van der Waals surface area (Å²) in [7, 11) is -1.73. The lowest BCUT2D eigenvalue weighted by atomic mass is 10.0. The van der Waals surface area contributed by atoms with Gasteiger partial charge in [-0.2, -0.15) is 9.97 Å². The molecule has 172 valence electrons. The summed E-state index contributed by atoms with van der Waals surface area (Å²) in [5.41, 5.74) is 5.76. The Labute approximate surface area is 211 Å². The first-order chi connectivity index (χ1) is 17.6. The van der Waals surface area contributed by atoms with E-state index in [2.05, 4.69) is 66.3 Å². The molecule has 2 aromatic heterocycles. The van der Waals surface area contributed by atoms with Gasteiger partial charge in [0.2, 0.25) is 5.95 Å². The van der Waals surface area contributed by atoms with Crippen LogP contribution in [0.15, 0.2) is 109 Å². The van der Waals surface area contributed by atoms with Crippen LogP contribution in [0.3, 0.4) is 0 Å². The average Bonchev–Trinajstić information content (AvgIpc) is 3.45. The summed E-state index contributed by atoms with van der Waals surface area (Å²) >= 11 is 0. The van der Waals surface area contributed by atoms with E-state index in [-0.39, 0.29) is 0 Å². The molecule has 36 heavy (non-hydrogen) atoms. The standard InChI is InChI=1S/C31H24N4Si/c1-36(2)27-16-10-9-15-24(27)25-20-26-23(19-28(25)36)17-18-35(26)31-33-29(21-11-5-3-6-12-21)32-30(34-31)22-13-7-4-8-14-22/h3-20H,1-2H3. The van der Waals surface area contributed by atoms with Gasteiger partial charge in [-0.3, -0.25) is 4.57 Å². The molecule has 0 spiro atoms. The van der Waals surface area contributed by atoms with Gasteiger partial charge in [0.25, 0.3) is 0 Å². The smallest absolute Gasteiger partial charge is 0.238 e. The van der Waals surface area contributed by atoms with Crippen LogP contribution in [-0.2, 0) is 0 Å². The number of nitrogens with zero attached hydrogens (tertiary/aromatic N) is 4. The highest BCUT2D eigenvalue weighted by molar-refractivity contribution is 7.03. The van der Waals surface area contributed by atoms with Gasteiger partial charge in [-0.15, -0.1) is 0 Å². The van der Waals surface area contributed by atoms with Crippen LogP contribution < -0.4 is 10.4 Å². The Morgan fingerprint density at radius 1 is 0.583 bits per heavy atom. The zero-order valence-electron chi connectivity index (χ0n) is 20.2. The van der Waals surface area contributed by atoms with Crippen LogP contribution in [0.4, 0.5) is 0 Å². The van der Waals surface area contributed by atoms with Crippen molar-refractivity contribution >= 4 is 29.4 Å². The third kappa shape index (κ3) is 3.17. The van der Waals surface area contributed by atoms with Crippen LogP contribution >= 0.6 is 0 Å². The van der Waals surface area contributed by atoms with Crippen LogP contribution in [0.2, 0.25) is 13.1 Å². The molecule has 0 bridgehead atoms. The van der Waals surface area contributed by atoms with Crippen molar-refractivity contribution in [3.63, 3.8) is 0 Å². The number of rotatable bonds is 3. The lowest BCUT2D eigenvalue weighted by Crippen LogP contribution is -2.49. The van der Waals surface area contributed by atoms with E-state index in [9.17, 15) is 0 Å². The number of fused-ring (bicyclic) bond motifs is 4. The molecular formula is C31H24N4Si. The van der Waals surface area contributed by atoms with Gasteiger partial charge in [-0.05, 0) is 39.0 Å². The third-order valence-corrected chi connectivity index (χ3v) is 10.8. The molecule has 0 saturated carbocycles. The summed E-state index contributed by atoms with van der Waals surface area (Å²) in [6, 6.07) is 36.0. The number of aromatic nitrogens is 4. The fraction of sp³-hybridized carbons (Fsp3) is 0.0645. The summed E-state index contributed by atoms with van der Waals surface area (Å²) < 4.78 is 2.10. The molecule has 4 nitrogen and oxygen atoms in total. The van der Waals surface area contributed by atoms with Crippen LogP contribution in [0.5, 0.6) is 0 Å². The minimum atomic E-state index is -1.73. The van der Waals surface area contributed by atoms with E-state index in [1.165, 1.54) is 26.9 Å². The highest BCUT2D eigenvalue weighted by Crippen LogP contribution is 2.32. The molecule has 0 amide bonds. The second-order valence-corrected chi connectivity index (χ2v) is 14.2. The van der Waals surface area contributed by atoms with E-state index >= 15 is 0 Å². The molecule has 7 rings (SSSR count). The van der Waals surface area contributed by atoms with E-state index in [4.69, 9.17) is 15.0 Å². The van der Waals surface area contributed by atoms with Gasteiger partial charge in [0.15, 0.2) is 11.6 Å². The van der Waals surface area contributed by atoms with Gasteiger partial charge in [0, 0.05) is 17.3 Å². The minimum Gasteiger partial charge on any atom is -0.285 e. The maximum absolute atomic E-state index is 4.94. The van der Waals surface area contributed by atoms with E-state index < -0.39 is 8.07 Å². The zero-order valence-corrected chi connectivity index (χ0v) is 21.2. The number of hydrogen-bond donors (Lipinski definition) is 0. The molecule has 0 unspecified atom stereocenters. The minimum absolute atomic E-state index is 0.625. The summed E-state index contributed by atoms with van der Waals surface area (Å²) in [4.78, 5) is 14.7. The highest BCUT2D eigenvalue weighted by Gasteiger charge is 2.37. The molecule has 1 aliphatic rings. The van der Waals surface area contributed by atoms with Crippen LogP contribution in [0.1, 0.15) is 0 Å². The second-order valence-electron chi connectivity index (χ2n) is 9.83. The van der Waals surface area contributed by atoms with E-state index in [1.54, 1.807) is 0 Å². The van der Waals surface area contributed by atoms with Gasteiger partial charge in [0.1, 0.15) is 8.07 Å². The van der Waals surface area contributed by atoms with Crippen molar-refractivity contribution in [2.45, 2.75) is 13.1 Å². The third-order valence-electron chi connectivity index (χ3n) is 7.30. The summed E-state index contributed by atoms with van der Waals surface area (Å²) in [5, 5.41) is 4.22. The monoisotopic (exact) mass is 480 g/mol. The van der Waals surface area contributed by atoms with Gasteiger partial charge < -0.3 is 0 Å². The van der Waals surface area contributed by atoms with Gasteiger partial charge in [-0.25, -0.2) is 4.98 Å². The van der Waals surface area contributed by atoms with Crippen LogP contribution in [0, 0.1) is 0 Å². The average molecular weight is 481 g/mol. The van der Waals surface area contributed by atoms with E-state index in [0.717, 1.165) is 16.6 Å². The van der Waals surface area contributed by atoms with Crippen molar-refractivity contribution in [3.05, 3.63) is 109 Å². The van der Waals surface area contributed by atoms with E-state index in [1.807, 2.05) is 60.7 Å². The van der Waals surface area contributed by atoms with Crippen LogP contribution in [-0.4, -0.2) is 27.6 Å². The van der Waals surface area contributed by atoms with Gasteiger partial charge in [-0.1, -0.05) is 104 Å². The zero-order chi connectivity index (χ0) is 24.3. The molecule has 0 aliphatic carbocycles. The van der Waals surface area contributed by atoms with Crippen molar-refractivity contribution < 1.29 is 0 Å². The molecule has 6 aromatic rings. The molecule has 4 aromatic carbocycles. The Balaban J connectivity index is 1.46. The van der Waals surface area contributed by atoms with Crippen molar-refractivity contribution in [1.29, 1.82) is 0 Å². The first-order valence-electron chi connectivity index (χ1n) is 12.2. The highest BCUT2D eigenvalue weighted by atomic mass is 28.3. The lowest BCUT2D eigenvalue weighted by Gasteiger charge is -2.18. The molecule has 0 atom stereocenters. The fourth-order valence-electron chi connectivity index (χ4n) is 5.41. The molecule has 0 radical (unpaired) electrons. The number of benzene rings is 4. The Kier molecular flexibility index (Phi) is 4.56. The number of hydrogen-bond acceptors (Lipinski definition) is 3. The Bertz CT molecular complexity index is 1700. The first-order valence-corrected chi connectivity index (χ1v) is 15.2. The summed E-state index contributed by atoms with van der Waals surface area (Å²) in [5.74, 6) is 1.96.